The van der Waals surface area contributed by atoms with Crippen LogP contribution in [0.5, 0.6) is 0 Å². The molecule has 2 aromatic rings. The van der Waals surface area contributed by atoms with E-state index in [0.29, 0.717) is 6.54 Å². The Balaban J connectivity index is 1.97. The number of aryl methyl sites for hydroxylation is 1. The Morgan fingerprint density at radius 1 is 1.15 bits per heavy atom. The van der Waals surface area contributed by atoms with E-state index in [1.54, 1.807) is 12.5 Å². The largest absolute Gasteiger partial charge is 0.472 e. The van der Waals surface area contributed by atoms with Gasteiger partial charge in [0.15, 0.2) is 0 Å². The van der Waals surface area contributed by atoms with Crippen LogP contribution in [0.1, 0.15) is 24.5 Å². The maximum Gasteiger partial charge on any atom is 0.0947 e. The van der Waals surface area contributed by atoms with Gasteiger partial charge >= 0.3 is 0 Å². The summed E-state index contributed by atoms with van der Waals surface area (Å²) < 4.78 is 5.13. The number of hydrogen-bond acceptors (Lipinski definition) is 3. The van der Waals surface area contributed by atoms with Crippen molar-refractivity contribution in [2.45, 2.75) is 31.8 Å². The summed E-state index contributed by atoms with van der Waals surface area (Å²) in [4.78, 5) is 2.32. The van der Waals surface area contributed by atoms with Crippen LogP contribution in [-0.4, -0.2) is 24.0 Å². The van der Waals surface area contributed by atoms with Crippen molar-refractivity contribution < 1.29 is 4.42 Å². The molecule has 1 heterocycles. The summed E-state index contributed by atoms with van der Waals surface area (Å²) in [5.74, 6) is 0. The Labute approximate surface area is 121 Å². The van der Waals surface area contributed by atoms with Gasteiger partial charge in [0.25, 0.3) is 0 Å². The van der Waals surface area contributed by atoms with E-state index >= 15 is 0 Å². The maximum atomic E-state index is 6.04. The van der Waals surface area contributed by atoms with Crippen molar-refractivity contribution in [1.82, 2.24) is 4.90 Å². The van der Waals surface area contributed by atoms with Crippen LogP contribution in [0.4, 0.5) is 0 Å². The lowest BCUT2D eigenvalue weighted by atomic mass is 9.91. The molecule has 0 aliphatic carbocycles. The standard InChI is InChI=1S/C17H24N2O/c1-17(14-18,10-8-15-6-4-3-5-7-15)19(2)12-16-9-11-20-13-16/h3-7,9,11,13H,8,10,12,14,18H2,1-2H3. The molecule has 0 spiro atoms. The summed E-state index contributed by atoms with van der Waals surface area (Å²) in [7, 11) is 2.13. The fraction of sp³-hybridized carbons (Fsp3) is 0.412. The van der Waals surface area contributed by atoms with Gasteiger partial charge in [-0.15, -0.1) is 0 Å². The fourth-order valence-corrected chi connectivity index (χ4v) is 2.35. The molecule has 0 amide bonds. The summed E-state index contributed by atoms with van der Waals surface area (Å²) >= 11 is 0. The summed E-state index contributed by atoms with van der Waals surface area (Å²) in [6.07, 6.45) is 5.60. The first-order chi connectivity index (χ1) is 9.64. The Morgan fingerprint density at radius 2 is 1.90 bits per heavy atom. The second-order valence-corrected chi connectivity index (χ2v) is 5.67. The molecule has 0 saturated carbocycles. The highest BCUT2D eigenvalue weighted by Gasteiger charge is 2.27. The minimum atomic E-state index is -0.00683. The van der Waals surface area contributed by atoms with E-state index in [1.807, 2.05) is 6.07 Å². The number of benzene rings is 1. The average Bonchev–Trinajstić information content (AvgIpc) is 2.98. The Bertz CT molecular complexity index is 495. The van der Waals surface area contributed by atoms with E-state index in [-0.39, 0.29) is 5.54 Å². The first-order valence-electron chi connectivity index (χ1n) is 7.10. The van der Waals surface area contributed by atoms with Gasteiger partial charge in [-0.25, -0.2) is 0 Å². The number of nitrogens with two attached hydrogens (primary N) is 1. The molecule has 3 heteroatoms. The molecule has 0 bridgehead atoms. The van der Waals surface area contributed by atoms with Gasteiger partial charge in [-0.2, -0.15) is 0 Å². The molecule has 0 aliphatic heterocycles. The molecule has 2 N–H and O–H groups in total. The number of rotatable bonds is 7. The molecule has 0 saturated heterocycles. The van der Waals surface area contributed by atoms with Crippen LogP contribution in [0.3, 0.4) is 0 Å². The zero-order chi connectivity index (χ0) is 14.4. The van der Waals surface area contributed by atoms with Gasteiger partial charge in [0.2, 0.25) is 0 Å². The van der Waals surface area contributed by atoms with Crippen molar-refractivity contribution in [3.63, 3.8) is 0 Å². The van der Waals surface area contributed by atoms with E-state index in [9.17, 15) is 0 Å². The predicted octanol–water partition coefficient (Wildman–Crippen LogP) is 3.06. The molecular weight excluding hydrogens is 248 g/mol. The molecule has 1 aromatic carbocycles. The lowest BCUT2D eigenvalue weighted by Gasteiger charge is -2.38. The molecule has 1 aromatic heterocycles. The predicted molar refractivity (Wildman–Crippen MR) is 82.4 cm³/mol. The lowest BCUT2D eigenvalue weighted by Crippen LogP contribution is -2.49. The Kier molecular flexibility index (Phi) is 4.99. The zero-order valence-corrected chi connectivity index (χ0v) is 12.4. The van der Waals surface area contributed by atoms with Gasteiger partial charge < -0.3 is 10.2 Å². The normalized spacial score (nSPS) is 14.4. The molecule has 2 rings (SSSR count). The number of hydrogen-bond donors (Lipinski definition) is 1. The third-order valence-electron chi connectivity index (χ3n) is 4.16. The van der Waals surface area contributed by atoms with E-state index in [0.717, 1.165) is 19.4 Å². The van der Waals surface area contributed by atoms with Crippen molar-refractivity contribution in [2.24, 2.45) is 5.73 Å². The highest BCUT2D eigenvalue weighted by atomic mass is 16.3. The molecule has 20 heavy (non-hydrogen) atoms. The van der Waals surface area contributed by atoms with Crippen LogP contribution in [0.15, 0.2) is 53.3 Å². The van der Waals surface area contributed by atoms with Crippen LogP contribution >= 0.6 is 0 Å². The molecule has 1 atom stereocenters. The van der Waals surface area contributed by atoms with Crippen LogP contribution in [0.25, 0.3) is 0 Å². The van der Waals surface area contributed by atoms with Crippen molar-refractivity contribution in [2.75, 3.05) is 13.6 Å². The second kappa shape index (κ2) is 6.73. The third kappa shape index (κ3) is 3.71. The van der Waals surface area contributed by atoms with Crippen LogP contribution in [0.2, 0.25) is 0 Å². The van der Waals surface area contributed by atoms with E-state index < -0.39 is 0 Å². The third-order valence-corrected chi connectivity index (χ3v) is 4.16. The van der Waals surface area contributed by atoms with E-state index in [4.69, 9.17) is 10.2 Å². The summed E-state index contributed by atoms with van der Waals surface area (Å²) in [5.41, 5.74) is 8.58. The summed E-state index contributed by atoms with van der Waals surface area (Å²) in [6, 6.07) is 12.6. The van der Waals surface area contributed by atoms with Gasteiger partial charge in [0.05, 0.1) is 12.5 Å². The molecule has 3 nitrogen and oxygen atoms in total. The van der Waals surface area contributed by atoms with Crippen molar-refractivity contribution in [3.05, 3.63) is 60.1 Å². The molecule has 0 aliphatic rings. The van der Waals surface area contributed by atoms with Crippen molar-refractivity contribution >= 4 is 0 Å². The van der Waals surface area contributed by atoms with Crippen LogP contribution in [-0.2, 0) is 13.0 Å². The van der Waals surface area contributed by atoms with Crippen molar-refractivity contribution in [3.8, 4) is 0 Å². The van der Waals surface area contributed by atoms with Crippen LogP contribution in [0, 0.1) is 0 Å². The minimum absolute atomic E-state index is 0.00683. The van der Waals surface area contributed by atoms with Gasteiger partial charge in [-0.1, -0.05) is 30.3 Å². The highest BCUT2D eigenvalue weighted by Crippen LogP contribution is 2.22. The molecule has 108 valence electrons. The summed E-state index contributed by atoms with van der Waals surface area (Å²) in [6.45, 7) is 3.74. The molecule has 0 fully saturated rings. The average molecular weight is 272 g/mol. The number of furan rings is 1. The Morgan fingerprint density at radius 3 is 2.50 bits per heavy atom. The number of likely N-dealkylation sites (N-methyl/N-ethyl adjacent to an activating group) is 1. The number of nitrogens with zero attached hydrogens (tertiary/aromatic N) is 1. The fourth-order valence-electron chi connectivity index (χ4n) is 2.35. The zero-order valence-electron chi connectivity index (χ0n) is 12.4. The SMILES string of the molecule is CN(Cc1ccoc1)C(C)(CN)CCc1ccccc1. The van der Waals surface area contributed by atoms with Crippen LogP contribution < -0.4 is 5.73 Å². The molecule has 1 unspecified atom stereocenters. The monoisotopic (exact) mass is 272 g/mol. The van der Waals surface area contributed by atoms with Gasteiger partial charge in [-0.3, -0.25) is 4.90 Å². The van der Waals surface area contributed by atoms with E-state index in [1.165, 1.54) is 11.1 Å². The maximum absolute atomic E-state index is 6.04. The second-order valence-electron chi connectivity index (χ2n) is 5.67. The smallest absolute Gasteiger partial charge is 0.0947 e. The van der Waals surface area contributed by atoms with Gasteiger partial charge in [0, 0.05) is 24.2 Å². The lowest BCUT2D eigenvalue weighted by molar-refractivity contribution is 0.126. The topological polar surface area (TPSA) is 42.4 Å². The summed E-state index contributed by atoms with van der Waals surface area (Å²) in [5, 5.41) is 0. The first kappa shape index (κ1) is 14.8. The Hall–Kier alpha value is -1.58. The quantitative estimate of drug-likeness (QED) is 0.842. The molecule has 0 radical (unpaired) electrons. The first-order valence-corrected chi connectivity index (χ1v) is 7.10. The van der Waals surface area contributed by atoms with Gasteiger partial charge in [-0.05, 0) is 38.4 Å². The minimum Gasteiger partial charge on any atom is -0.472 e. The van der Waals surface area contributed by atoms with Gasteiger partial charge in [0.1, 0.15) is 0 Å². The van der Waals surface area contributed by atoms with E-state index in [2.05, 4.69) is 49.2 Å². The highest BCUT2D eigenvalue weighted by molar-refractivity contribution is 5.15. The van der Waals surface area contributed by atoms with Crippen molar-refractivity contribution in [1.29, 1.82) is 0 Å². The molecular formula is C17H24N2O.